The van der Waals surface area contributed by atoms with E-state index in [1.54, 1.807) is 6.07 Å². The molecule has 0 radical (unpaired) electrons. The van der Waals surface area contributed by atoms with Gasteiger partial charge in [-0.1, -0.05) is 29.8 Å². The fourth-order valence-electron chi connectivity index (χ4n) is 5.43. The fraction of sp³-hybridized carbons (Fsp3) is 0.370. The Morgan fingerprint density at radius 2 is 1.82 bits per heavy atom. The average molecular weight is 559 g/mol. The van der Waals surface area contributed by atoms with Crippen LogP contribution in [0.2, 0.25) is 10.0 Å². The highest BCUT2D eigenvalue weighted by Gasteiger charge is 2.43. The van der Waals surface area contributed by atoms with E-state index in [2.05, 4.69) is 21.9 Å². The Labute approximate surface area is 228 Å². The molecule has 6 rings (SSSR count). The zero-order chi connectivity index (χ0) is 26.4. The maximum absolute atomic E-state index is 14.8. The third kappa shape index (κ3) is 4.63. The van der Waals surface area contributed by atoms with Crippen molar-refractivity contribution >= 4 is 51.5 Å². The molecule has 2 aromatic carbocycles. The van der Waals surface area contributed by atoms with Crippen molar-refractivity contribution in [2.75, 3.05) is 18.5 Å². The summed E-state index contributed by atoms with van der Waals surface area (Å²) in [5, 5.41) is 3.57. The number of fused-ring (bicyclic) bond motifs is 3. The van der Waals surface area contributed by atoms with Crippen molar-refractivity contribution in [2.45, 2.75) is 50.0 Å². The smallest absolute Gasteiger partial charge is 0.246 e. The summed E-state index contributed by atoms with van der Waals surface area (Å²) in [5.41, 5.74) is 0.724. The number of carbonyl (C=O) groups is 1. The Bertz CT molecular complexity index is 1410. The number of hydrogen-bond donors (Lipinski definition) is 1. The number of hydrogen-bond acceptors (Lipinski definition) is 7. The second kappa shape index (κ2) is 10.2. The number of halogens is 3. The Morgan fingerprint density at radius 3 is 2.50 bits per heavy atom. The Morgan fingerprint density at radius 1 is 1.11 bits per heavy atom. The summed E-state index contributed by atoms with van der Waals surface area (Å²) in [4.78, 5) is 23.1. The molecule has 2 unspecified atom stereocenters. The summed E-state index contributed by atoms with van der Waals surface area (Å²) in [5.74, 6) is 0.752. The highest BCUT2D eigenvalue weighted by atomic mass is 35.5. The summed E-state index contributed by atoms with van der Waals surface area (Å²) < 4.78 is 32.8. The van der Waals surface area contributed by atoms with Crippen molar-refractivity contribution in [3.63, 3.8) is 0 Å². The van der Waals surface area contributed by atoms with Gasteiger partial charge in [-0.25, -0.2) is 14.4 Å². The molecule has 11 heteroatoms. The van der Waals surface area contributed by atoms with Crippen molar-refractivity contribution in [1.29, 1.82) is 0 Å². The number of carbonyl (C=O) groups excluding carboxylic acids is 1. The first-order chi connectivity index (χ1) is 18.4. The molecule has 1 amide bonds. The predicted octanol–water partition coefficient (Wildman–Crippen LogP) is 5.68. The molecule has 198 valence electrons. The minimum Gasteiger partial charge on any atom is -0.486 e. The van der Waals surface area contributed by atoms with Gasteiger partial charge in [0, 0.05) is 36.4 Å². The average Bonchev–Trinajstić information content (AvgIpc) is 3.16. The summed E-state index contributed by atoms with van der Waals surface area (Å²) in [6.45, 7) is 4.64. The van der Waals surface area contributed by atoms with Gasteiger partial charge < -0.3 is 24.4 Å². The van der Waals surface area contributed by atoms with Gasteiger partial charge in [-0.05, 0) is 37.1 Å². The molecule has 0 spiro atoms. The van der Waals surface area contributed by atoms with Crippen LogP contribution in [0.15, 0.2) is 43.2 Å². The first-order valence-electron chi connectivity index (χ1n) is 12.5. The number of rotatable bonds is 7. The molecule has 8 nitrogen and oxygen atoms in total. The standard InChI is InChI=1S/C27H25Cl2FN4O4/c1-2-24(35)34-14-3-4-15(34)8-16(7-14)37-22-9-18-21(10-23(22)38-17-11-36-12-17)31-13-32-27(18)33-20-6-5-19(28)25(29)26(20)30/h2,5-6,9-10,13-17H,1,3-4,7-8,11-12H2,(H,31,32,33). The molecule has 1 N–H and O–H groups in total. The van der Waals surface area contributed by atoms with Crippen LogP contribution in [0.5, 0.6) is 11.5 Å². The van der Waals surface area contributed by atoms with Crippen molar-refractivity contribution in [2.24, 2.45) is 0 Å². The van der Waals surface area contributed by atoms with E-state index in [0.717, 1.165) is 12.8 Å². The number of nitrogens with zero attached hydrogens (tertiary/aromatic N) is 3. The zero-order valence-electron chi connectivity index (χ0n) is 20.3. The van der Waals surface area contributed by atoms with E-state index in [9.17, 15) is 9.18 Å². The monoisotopic (exact) mass is 558 g/mol. The number of aromatic nitrogens is 2. The first kappa shape index (κ1) is 25.2. The lowest BCUT2D eigenvalue weighted by molar-refractivity contribution is -0.131. The highest BCUT2D eigenvalue weighted by Crippen LogP contribution is 2.42. The highest BCUT2D eigenvalue weighted by molar-refractivity contribution is 6.42. The molecule has 3 fully saturated rings. The lowest BCUT2D eigenvalue weighted by Crippen LogP contribution is -2.48. The van der Waals surface area contributed by atoms with Crippen LogP contribution in [0.4, 0.5) is 15.9 Å². The number of piperidine rings is 1. The number of benzene rings is 2. The van der Waals surface area contributed by atoms with E-state index >= 15 is 0 Å². The minimum atomic E-state index is -0.677. The van der Waals surface area contributed by atoms with Crippen LogP contribution in [0.1, 0.15) is 25.7 Å². The van der Waals surface area contributed by atoms with E-state index in [1.807, 2.05) is 11.0 Å². The van der Waals surface area contributed by atoms with Gasteiger partial charge in [-0.15, -0.1) is 0 Å². The fourth-order valence-corrected chi connectivity index (χ4v) is 5.74. The van der Waals surface area contributed by atoms with Gasteiger partial charge >= 0.3 is 0 Å². The molecule has 4 heterocycles. The van der Waals surface area contributed by atoms with Crippen molar-refractivity contribution < 1.29 is 23.4 Å². The number of nitrogens with one attached hydrogen (secondary N) is 1. The minimum absolute atomic E-state index is 0.0296. The van der Waals surface area contributed by atoms with Crippen LogP contribution in [0, 0.1) is 5.82 Å². The van der Waals surface area contributed by atoms with Gasteiger partial charge in [0.2, 0.25) is 5.91 Å². The molecule has 2 atom stereocenters. The predicted molar refractivity (Wildman–Crippen MR) is 142 cm³/mol. The van der Waals surface area contributed by atoms with Crippen LogP contribution in [-0.2, 0) is 9.53 Å². The van der Waals surface area contributed by atoms with Crippen LogP contribution in [0.3, 0.4) is 0 Å². The molecule has 38 heavy (non-hydrogen) atoms. The Kier molecular flexibility index (Phi) is 6.75. The van der Waals surface area contributed by atoms with E-state index in [-0.39, 0.29) is 45.9 Å². The maximum atomic E-state index is 14.8. The summed E-state index contributed by atoms with van der Waals surface area (Å²) in [7, 11) is 0. The quantitative estimate of drug-likeness (QED) is 0.294. The van der Waals surface area contributed by atoms with Gasteiger partial charge in [-0.3, -0.25) is 4.79 Å². The first-order valence-corrected chi connectivity index (χ1v) is 13.2. The van der Waals surface area contributed by atoms with Crippen LogP contribution in [-0.4, -0.2) is 58.3 Å². The van der Waals surface area contributed by atoms with Crippen molar-refractivity contribution in [3.8, 4) is 11.5 Å². The molecule has 3 aliphatic heterocycles. The van der Waals surface area contributed by atoms with Crippen molar-refractivity contribution in [3.05, 3.63) is 59.1 Å². The van der Waals surface area contributed by atoms with Gasteiger partial charge in [0.1, 0.15) is 24.4 Å². The molecule has 2 bridgehead atoms. The molecule has 3 aromatic rings. The second-order valence-electron chi connectivity index (χ2n) is 9.71. The third-order valence-corrected chi connectivity index (χ3v) is 8.08. The summed E-state index contributed by atoms with van der Waals surface area (Å²) in [6, 6.07) is 6.85. The largest absolute Gasteiger partial charge is 0.486 e. The van der Waals surface area contributed by atoms with E-state index < -0.39 is 5.82 Å². The summed E-state index contributed by atoms with van der Waals surface area (Å²) >= 11 is 11.9. The second-order valence-corrected chi connectivity index (χ2v) is 10.5. The molecule has 1 aromatic heterocycles. The van der Waals surface area contributed by atoms with Gasteiger partial charge in [0.25, 0.3) is 0 Å². The van der Waals surface area contributed by atoms with Gasteiger partial charge in [0.15, 0.2) is 17.3 Å². The number of amides is 1. The molecule has 0 saturated carbocycles. The summed E-state index contributed by atoms with van der Waals surface area (Å²) in [6.07, 6.45) is 5.91. The Balaban J connectivity index is 1.33. The normalized spacial score (nSPS) is 22.7. The van der Waals surface area contributed by atoms with Crippen LogP contribution in [0.25, 0.3) is 10.9 Å². The lowest BCUT2D eigenvalue weighted by Gasteiger charge is -2.38. The van der Waals surface area contributed by atoms with E-state index in [0.29, 0.717) is 54.3 Å². The van der Waals surface area contributed by atoms with E-state index in [1.165, 1.54) is 24.5 Å². The Hall–Kier alpha value is -3.14. The van der Waals surface area contributed by atoms with Crippen molar-refractivity contribution in [1.82, 2.24) is 14.9 Å². The maximum Gasteiger partial charge on any atom is 0.246 e. The molecular weight excluding hydrogens is 534 g/mol. The number of anilines is 2. The molecular formula is C27H25Cl2FN4O4. The van der Waals surface area contributed by atoms with Gasteiger partial charge in [-0.2, -0.15) is 0 Å². The zero-order valence-corrected chi connectivity index (χ0v) is 21.8. The number of ether oxygens (including phenoxy) is 3. The van der Waals surface area contributed by atoms with E-state index in [4.69, 9.17) is 37.4 Å². The van der Waals surface area contributed by atoms with Crippen LogP contribution >= 0.6 is 23.2 Å². The molecule has 3 saturated heterocycles. The molecule has 3 aliphatic rings. The lowest BCUT2D eigenvalue weighted by atomic mass is 9.99. The topological polar surface area (TPSA) is 85.8 Å². The van der Waals surface area contributed by atoms with Gasteiger partial charge in [0.05, 0.1) is 34.5 Å². The van der Waals surface area contributed by atoms with Crippen LogP contribution < -0.4 is 14.8 Å². The molecule has 0 aliphatic carbocycles. The SMILES string of the molecule is C=CC(=O)N1C2CCC1CC(Oc1cc3c(Nc4ccc(Cl)c(Cl)c4F)ncnc3cc1OC1COC1)C2. The third-order valence-electron chi connectivity index (χ3n) is 7.30.